The molecule has 0 bridgehead atoms. The highest BCUT2D eigenvalue weighted by Crippen LogP contribution is 2.40. The third kappa shape index (κ3) is 4.14. The predicted octanol–water partition coefficient (Wildman–Crippen LogP) is 4.52. The summed E-state index contributed by atoms with van der Waals surface area (Å²) >= 11 is 0. The molecule has 2 aromatic carbocycles. The summed E-state index contributed by atoms with van der Waals surface area (Å²) in [5.41, 5.74) is 4.47. The first-order chi connectivity index (χ1) is 16.2. The number of carbonyl (C=O) groups is 1. The molecule has 4 aromatic rings. The van der Waals surface area contributed by atoms with Crippen molar-refractivity contribution in [3.63, 3.8) is 0 Å². The molecule has 5 rings (SSSR count). The van der Waals surface area contributed by atoms with Crippen molar-refractivity contribution in [1.29, 1.82) is 0 Å². The largest absolute Gasteiger partial charge is 0.322 e. The van der Waals surface area contributed by atoms with Crippen LogP contribution in [0.25, 0.3) is 11.0 Å². The van der Waals surface area contributed by atoms with Crippen LogP contribution in [-0.4, -0.2) is 29.1 Å². The van der Waals surface area contributed by atoms with E-state index in [2.05, 4.69) is 15.1 Å². The Morgan fingerprint density at radius 3 is 2.50 bits per heavy atom. The lowest BCUT2D eigenvalue weighted by Crippen LogP contribution is -2.16. The number of benzene rings is 2. The van der Waals surface area contributed by atoms with Gasteiger partial charge in [0.25, 0.3) is 15.9 Å². The Labute approximate surface area is 198 Å². The molecule has 9 heteroatoms. The van der Waals surface area contributed by atoms with Crippen LogP contribution in [0.5, 0.6) is 0 Å². The standard InChI is InChI=1S/C25H25N5O3S/c1-15-9-12-18(13-21(15)29-34(32,33)19-7-5-4-6-8-19)26-25(31)20-14-22(17-10-11-17)27-24-23(20)16(2)28-30(24)3/h4-9,12-14,17,29H,10-11H2,1-3H3,(H,26,31). The number of pyridine rings is 1. The molecule has 1 aliphatic carbocycles. The van der Waals surface area contributed by atoms with Gasteiger partial charge < -0.3 is 5.32 Å². The molecule has 0 radical (unpaired) electrons. The number of fused-ring (bicyclic) bond motifs is 1. The molecule has 2 aromatic heterocycles. The van der Waals surface area contributed by atoms with Gasteiger partial charge >= 0.3 is 0 Å². The van der Waals surface area contributed by atoms with E-state index < -0.39 is 10.0 Å². The van der Waals surface area contributed by atoms with Gasteiger partial charge in [0.05, 0.1) is 27.2 Å². The molecule has 2 heterocycles. The smallest absolute Gasteiger partial charge is 0.261 e. The van der Waals surface area contributed by atoms with Crippen molar-refractivity contribution < 1.29 is 13.2 Å². The minimum absolute atomic E-state index is 0.169. The highest BCUT2D eigenvalue weighted by atomic mass is 32.2. The summed E-state index contributed by atoms with van der Waals surface area (Å²) in [4.78, 5) is 18.3. The molecule has 8 nitrogen and oxygen atoms in total. The Hall–Kier alpha value is -3.72. The minimum Gasteiger partial charge on any atom is -0.322 e. The molecule has 0 saturated heterocycles. The Morgan fingerprint density at radius 2 is 1.79 bits per heavy atom. The summed E-state index contributed by atoms with van der Waals surface area (Å²) in [7, 11) is -1.93. The van der Waals surface area contributed by atoms with E-state index in [-0.39, 0.29) is 10.8 Å². The topological polar surface area (TPSA) is 106 Å². The van der Waals surface area contributed by atoms with Crippen LogP contribution in [0.1, 0.15) is 46.1 Å². The number of carbonyl (C=O) groups excluding carboxylic acids is 1. The maximum Gasteiger partial charge on any atom is 0.261 e. The molecule has 34 heavy (non-hydrogen) atoms. The van der Waals surface area contributed by atoms with Crippen molar-refractivity contribution in [2.24, 2.45) is 7.05 Å². The van der Waals surface area contributed by atoms with Crippen LogP contribution in [0.3, 0.4) is 0 Å². The average Bonchev–Trinajstić information content (AvgIpc) is 3.62. The van der Waals surface area contributed by atoms with E-state index >= 15 is 0 Å². The predicted molar refractivity (Wildman–Crippen MR) is 132 cm³/mol. The van der Waals surface area contributed by atoms with Gasteiger partial charge in [-0.1, -0.05) is 24.3 Å². The van der Waals surface area contributed by atoms with E-state index in [1.165, 1.54) is 12.1 Å². The van der Waals surface area contributed by atoms with Crippen molar-refractivity contribution in [3.05, 3.63) is 77.1 Å². The van der Waals surface area contributed by atoms with Crippen LogP contribution in [0, 0.1) is 13.8 Å². The molecule has 0 atom stereocenters. The lowest BCUT2D eigenvalue weighted by Gasteiger charge is -2.14. The van der Waals surface area contributed by atoms with Crippen molar-refractivity contribution in [3.8, 4) is 0 Å². The molecule has 174 valence electrons. The van der Waals surface area contributed by atoms with Crippen molar-refractivity contribution >= 4 is 38.3 Å². The summed E-state index contributed by atoms with van der Waals surface area (Å²) in [6.07, 6.45) is 2.14. The van der Waals surface area contributed by atoms with Crippen LogP contribution >= 0.6 is 0 Å². The molecular weight excluding hydrogens is 450 g/mol. The molecule has 0 unspecified atom stereocenters. The molecule has 0 spiro atoms. The summed E-state index contributed by atoms with van der Waals surface area (Å²) in [6.45, 7) is 3.67. The monoisotopic (exact) mass is 475 g/mol. The molecule has 1 amide bonds. The number of rotatable bonds is 6. The number of aromatic nitrogens is 3. The van der Waals surface area contributed by atoms with E-state index in [9.17, 15) is 13.2 Å². The van der Waals surface area contributed by atoms with Gasteiger partial charge in [0.1, 0.15) is 0 Å². The fourth-order valence-electron chi connectivity index (χ4n) is 4.04. The van der Waals surface area contributed by atoms with Crippen molar-refractivity contribution in [1.82, 2.24) is 14.8 Å². The first kappa shape index (κ1) is 22.1. The third-order valence-corrected chi connectivity index (χ3v) is 7.40. The molecule has 1 aliphatic rings. The van der Waals surface area contributed by atoms with Crippen LogP contribution in [0.15, 0.2) is 59.5 Å². The van der Waals surface area contributed by atoms with Gasteiger partial charge in [0, 0.05) is 24.3 Å². The SMILES string of the molecule is Cc1ccc(NC(=O)c2cc(C3CC3)nc3c2c(C)nn3C)cc1NS(=O)(=O)c1ccccc1. The molecule has 1 fully saturated rings. The summed E-state index contributed by atoms with van der Waals surface area (Å²) < 4.78 is 29.9. The van der Waals surface area contributed by atoms with Gasteiger partial charge in [-0.05, 0) is 62.6 Å². The summed E-state index contributed by atoms with van der Waals surface area (Å²) in [6, 6.07) is 15.2. The Morgan fingerprint density at radius 1 is 1.06 bits per heavy atom. The van der Waals surface area contributed by atoms with Crippen LogP contribution < -0.4 is 10.0 Å². The molecule has 2 N–H and O–H groups in total. The normalized spacial score (nSPS) is 13.7. The number of nitrogens with one attached hydrogen (secondary N) is 2. The number of nitrogens with zero attached hydrogens (tertiary/aromatic N) is 3. The van der Waals surface area contributed by atoms with Gasteiger partial charge in [-0.25, -0.2) is 13.4 Å². The van der Waals surface area contributed by atoms with Crippen LogP contribution in [0.4, 0.5) is 11.4 Å². The lowest BCUT2D eigenvalue weighted by atomic mass is 10.1. The average molecular weight is 476 g/mol. The van der Waals surface area contributed by atoms with Crippen molar-refractivity contribution in [2.75, 3.05) is 10.0 Å². The number of amides is 1. The Balaban J connectivity index is 1.47. The maximum atomic E-state index is 13.4. The van der Waals surface area contributed by atoms with E-state index in [0.717, 1.165) is 35.2 Å². The van der Waals surface area contributed by atoms with Gasteiger partial charge in [0.2, 0.25) is 0 Å². The third-order valence-electron chi connectivity index (χ3n) is 6.02. The number of aryl methyl sites for hydroxylation is 3. The first-order valence-electron chi connectivity index (χ1n) is 11.1. The zero-order valence-electron chi connectivity index (χ0n) is 19.2. The molecular formula is C25H25N5O3S. The molecule has 1 saturated carbocycles. The molecule has 0 aliphatic heterocycles. The second kappa shape index (κ2) is 8.25. The number of hydrogen-bond donors (Lipinski definition) is 2. The Kier molecular flexibility index (Phi) is 5.36. The van der Waals surface area contributed by atoms with Crippen LogP contribution in [-0.2, 0) is 17.1 Å². The van der Waals surface area contributed by atoms with Crippen LogP contribution in [0.2, 0.25) is 0 Å². The quantitative estimate of drug-likeness (QED) is 0.427. The number of sulfonamides is 1. The maximum absolute atomic E-state index is 13.4. The summed E-state index contributed by atoms with van der Waals surface area (Å²) in [5.74, 6) is 0.0932. The van der Waals surface area contributed by atoms with E-state index in [1.807, 2.05) is 27.0 Å². The first-order valence-corrected chi connectivity index (χ1v) is 12.6. The Bertz CT molecular complexity index is 1520. The van der Waals surface area contributed by atoms with Gasteiger partial charge in [-0.2, -0.15) is 5.10 Å². The number of hydrogen-bond acceptors (Lipinski definition) is 5. The highest BCUT2D eigenvalue weighted by Gasteiger charge is 2.28. The van der Waals surface area contributed by atoms with Gasteiger partial charge in [0.15, 0.2) is 5.65 Å². The van der Waals surface area contributed by atoms with Gasteiger partial charge in [-0.3, -0.25) is 14.2 Å². The van der Waals surface area contributed by atoms with E-state index in [1.54, 1.807) is 41.1 Å². The fourth-order valence-corrected chi connectivity index (χ4v) is 5.19. The highest BCUT2D eigenvalue weighted by molar-refractivity contribution is 7.92. The second-order valence-corrected chi connectivity index (χ2v) is 10.4. The lowest BCUT2D eigenvalue weighted by molar-refractivity contribution is 0.102. The van der Waals surface area contributed by atoms with Crippen molar-refractivity contribution in [2.45, 2.75) is 37.5 Å². The van der Waals surface area contributed by atoms with E-state index in [4.69, 9.17) is 4.98 Å². The zero-order chi connectivity index (χ0) is 24.0. The minimum atomic E-state index is -3.76. The fraction of sp³-hybridized carbons (Fsp3) is 0.240. The van der Waals surface area contributed by atoms with Gasteiger partial charge in [-0.15, -0.1) is 0 Å². The second-order valence-electron chi connectivity index (χ2n) is 8.68. The number of anilines is 2. The summed E-state index contributed by atoms with van der Waals surface area (Å²) in [5, 5.41) is 8.11. The zero-order valence-corrected chi connectivity index (χ0v) is 20.0. The van der Waals surface area contributed by atoms with E-state index in [0.29, 0.717) is 28.5 Å².